The Hall–Kier alpha value is -4.01. The summed E-state index contributed by atoms with van der Waals surface area (Å²) in [7, 11) is 1.88. The Morgan fingerprint density at radius 2 is 1.88 bits per heavy atom. The zero-order valence-corrected chi connectivity index (χ0v) is 18.9. The highest BCUT2D eigenvalue weighted by atomic mass is 16.6. The largest absolute Gasteiger partial charge is 0.456 e. The van der Waals surface area contributed by atoms with E-state index in [1.165, 1.54) is 31.2 Å². The first kappa shape index (κ1) is 23.6. The summed E-state index contributed by atoms with van der Waals surface area (Å²) in [5.41, 5.74) is 2.95. The average Bonchev–Trinajstić information content (AvgIpc) is 2.96. The van der Waals surface area contributed by atoms with Crippen molar-refractivity contribution in [1.29, 1.82) is 0 Å². The first-order valence-corrected chi connectivity index (χ1v) is 10.3. The number of likely N-dealkylation sites (N-methyl/N-ethyl adjacent to an activating group) is 1. The van der Waals surface area contributed by atoms with Crippen LogP contribution in [0.4, 0.5) is 11.4 Å². The number of benzene rings is 2. The van der Waals surface area contributed by atoms with Gasteiger partial charge in [-0.2, -0.15) is 0 Å². The minimum absolute atomic E-state index is 0.0993. The minimum atomic E-state index is -0.768. The average molecular weight is 451 g/mol. The Balaban J connectivity index is 1.54. The van der Waals surface area contributed by atoms with Crippen LogP contribution < -0.4 is 10.2 Å². The van der Waals surface area contributed by atoms with Crippen LogP contribution in [-0.4, -0.2) is 42.8 Å². The van der Waals surface area contributed by atoms with Gasteiger partial charge in [-0.15, -0.1) is 0 Å². The summed E-state index contributed by atoms with van der Waals surface area (Å²) in [6.45, 7) is 4.68. The summed E-state index contributed by atoms with van der Waals surface area (Å²) in [4.78, 5) is 48.9. The Bertz CT molecular complexity index is 1170. The second-order valence-corrected chi connectivity index (χ2v) is 8.30. The number of esters is 1. The summed E-state index contributed by atoms with van der Waals surface area (Å²) < 4.78 is 5.00. The predicted octanol–water partition coefficient (Wildman–Crippen LogP) is 3.06. The van der Waals surface area contributed by atoms with Gasteiger partial charge in [0.2, 0.25) is 0 Å². The number of allylic oxidation sites excluding steroid dienone is 1. The molecule has 1 N–H and O–H groups in total. The van der Waals surface area contributed by atoms with Crippen molar-refractivity contribution in [2.24, 2.45) is 0 Å². The molecule has 0 aliphatic carbocycles. The van der Waals surface area contributed by atoms with Crippen LogP contribution in [0.5, 0.6) is 0 Å². The molecule has 172 valence electrons. The lowest BCUT2D eigenvalue weighted by molar-refractivity contribution is -0.385. The number of hydrogen-bond donors (Lipinski definition) is 1. The molecular weight excluding hydrogens is 426 g/mol. The number of carbonyl (C=O) groups excluding carboxylic acids is 3. The van der Waals surface area contributed by atoms with E-state index in [-0.39, 0.29) is 22.4 Å². The molecular formula is C24H25N3O6. The number of anilines is 1. The van der Waals surface area contributed by atoms with Gasteiger partial charge in [0.15, 0.2) is 12.4 Å². The fourth-order valence-electron chi connectivity index (χ4n) is 3.91. The predicted molar refractivity (Wildman–Crippen MR) is 122 cm³/mol. The highest BCUT2D eigenvalue weighted by Gasteiger charge is 2.38. The molecule has 0 saturated heterocycles. The molecule has 1 aliphatic heterocycles. The maximum Gasteiger partial charge on any atom is 0.325 e. The molecule has 2 aromatic carbocycles. The van der Waals surface area contributed by atoms with Crippen LogP contribution >= 0.6 is 0 Å². The Morgan fingerprint density at radius 3 is 2.52 bits per heavy atom. The van der Waals surface area contributed by atoms with E-state index in [4.69, 9.17) is 4.74 Å². The van der Waals surface area contributed by atoms with Crippen LogP contribution in [0, 0.1) is 17.0 Å². The number of nitrogens with one attached hydrogen (secondary N) is 1. The van der Waals surface area contributed by atoms with E-state index in [0.29, 0.717) is 5.56 Å². The van der Waals surface area contributed by atoms with Crippen molar-refractivity contribution in [2.45, 2.75) is 26.2 Å². The molecule has 3 rings (SSSR count). The van der Waals surface area contributed by atoms with Crippen LogP contribution in [0.25, 0.3) is 0 Å². The molecule has 9 nitrogen and oxygen atoms in total. The third kappa shape index (κ3) is 4.92. The number of para-hydroxylation sites is 1. The number of carbonyl (C=O) groups is 3. The smallest absolute Gasteiger partial charge is 0.325 e. The molecule has 1 aliphatic rings. The molecule has 0 radical (unpaired) electrons. The Labute approximate surface area is 191 Å². The van der Waals surface area contributed by atoms with Gasteiger partial charge in [-0.1, -0.05) is 32.0 Å². The summed E-state index contributed by atoms with van der Waals surface area (Å²) in [6.07, 6.45) is 1.48. The molecule has 1 amide bonds. The minimum Gasteiger partial charge on any atom is -0.456 e. The number of ether oxygens (including phenoxy) is 1. The van der Waals surface area contributed by atoms with Gasteiger partial charge in [0.05, 0.1) is 4.92 Å². The molecule has 0 saturated carbocycles. The van der Waals surface area contributed by atoms with Crippen molar-refractivity contribution in [1.82, 2.24) is 5.32 Å². The number of nitro benzene ring substituents is 1. The van der Waals surface area contributed by atoms with Crippen LogP contribution in [0.15, 0.2) is 54.2 Å². The second-order valence-electron chi connectivity index (χ2n) is 8.30. The lowest BCUT2D eigenvalue weighted by atomic mass is 9.83. The third-order valence-electron chi connectivity index (χ3n) is 5.66. The van der Waals surface area contributed by atoms with Gasteiger partial charge >= 0.3 is 5.97 Å². The molecule has 1 heterocycles. The SMILES string of the molecule is Cc1cc(C(=O)NCC(=O)OCC(=O)/C=C2\N(C)c3ccccc3C2(C)C)ccc1[N+](=O)[O-]. The number of fused-ring (bicyclic) bond motifs is 1. The zero-order valence-electron chi connectivity index (χ0n) is 18.9. The molecule has 0 atom stereocenters. The van der Waals surface area contributed by atoms with Gasteiger partial charge in [-0.3, -0.25) is 24.5 Å². The second kappa shape index (κ2) is 9.23. The standard InChI is InChI=1S/C24H25N3O6/c1-15-11-16(9-10-19(15)27(31)32)23(30)25-13-22(29)33-14-17(28)12-21-24(2,3)18-7-5-6-8-20(18)26(21)4/h5-12H,13-14H2,1-4H3,(H,25,30)/b21-12-. The van der Waals surface area contributed by atoms with Crippen LogP contribution in [0.2, 0.25) is 0 Å². The quantitative estimate of drug-likeness (QED) is 0.297. The number of aryl methyl sites for hydroxylation is 1. The van der Waals surface area contributed by atoms with Crippen molar-refractivity contribution < 1.29 is 24.0 Å². The van der Waals surface area contributed by atoms with Crippen molar-refractivity contribution in [2.75, 3.05) is 25.1 Å². The maximum atomic E-state index is 12.4. The zero-order chi connectivity index (χ0) is 24.3. The number of amides is 1. The lowest BCUT2D eigenvalue weighted by Crippen LogP contribution is -2.31. The van der Waals surface area contributed by atoms with Crippen molar-refractivity contribution in [3.05, 3.63) is 81.0 Å². The van der Waals surface area contributed by atoms with Gasteiger partial charge in [-0.05, 0) is 30.7 Å². The highest BCUT2D eigenvalue weighted by Crippen LogP contribution is 2.46. The topological polar surface area (TPSA) is 119 Å². The molecule has 0 bridgehead atoms. The molecule has 9 heteroatoms. The summed E-state index contributed by atoms with van der Waals surface area (Å²) in [6, 6.07) is 11.8. The van der Waals surface area contributed by atoms with Crippen LogP contribution in [-0.2, 0) is 19.7 Å². The van der Waals surface area contributed by atoms with E-state index in [9.17, 15) is 24.5 Å². The number of nitro groups is 1. The van der Waals surface area contributed by atoms with Gasteiger partial charge in [-0.25, -0.2) is 0 Å². The maximum absolute atomic E-state index is 12.4. The summed E-state index contributed by atoms with van der Waals surface area (Å²) in [5, 5.41) is 13.3. The van der Waals surface area contributed by atoms with E-state index in [1.54, 1.807) is 0 Å². The van der Waals surface area contributed by atoms with Crippen molar-refractivity contribution in [3.63, 3.8) is 0 Å². The molecule has 0 unspecified atom stereocenters. The molecule has 33 heavy (non-hydrogen) atoms. The highest BCUT2D eigenvalue weighted by molar-refractivity contribution is 5.97. The van der Waals surface area contributed by atoms with E-state index < -0.39 is 30.0 Å². The monoisotopic (exact) mass is 451 g/mol. The summed E-state index contributed by atoms with van der Waals surface area (Å²) >= 11 is 0. The van der Waals surface area contributed by atoms with E-state index >= 15 is 0 Å². The van der Waals surface area contributed by atoms with Crippen LogP contribution in [0.1, 0.15) is 35.3 Å². The lowest BCUT2D eigenvalue weighted by Gasteiger charge is -2.23. The first-order chi connectivity index (χ1) is 15.5. The Morgan fingerprint density at radius 1 is 1.18 bits per heavy atom. The Kier molecular flexibility index (Phi) is 6.62. The fourth-order valence-corrected chi connectivity index (χ4v) is 3.91. The van der Waals surface area contributed by atoms with Crippen molar-refractivity contribution in [3.8, 4) is 0 Å². The van der Waals surface area contributed by atoms with Crippen molar-refractivity contribution >= 4 is 29.0 Å². The van der Waals surface area contributed by atoms with E-state index in [0.717, 1.165) is 16.9 Å². The van der Waals surface area contributed by atoms with Gasteiger partial charge < -0.3 is 15.0 Å². The number of nitrogens with zero attached hydrogens (tertiary/aromatic N) is 2. The number of hydrogen-bond acceptors (Lipinski definition) is 7. The van der Waals surface area contributed by atoms with Gasteiger partial charge in [0, 0.05) is 47.1 Å². The number of ketones is 1. The van der Waals surface area contributed by atoms with Gasteiger partial charge in [0.25, 0.3) is 11.6 Å². The van der Waals surface area contributed by atoms with Crippen LogP contribution in [0.3, 0.4) is 0 Å². The van der Waals surface area contributed by atoms with E-state index in [2.05, 4.69) is 5.32 Å². The van der Waals surface area contributed by atoms with E-state index in [1.807, 2.05) is 50.1 Å². The molecule has 0 fully saturated rings. The van der Waals surface area contributed by atoms with Gasteiger partial charge in [0.1, 0.15) is 6.54 Å². The first-order valence-electron chi connectivity index (χ1n) is 10.3. The normalized spacial score (nSPS) is 15.2. The number of rotatable bonds is 7. The third-order valence-corrected chi connectivity index (χ3v) is 5.66. The molecule has 0 aromatic heterocycles. The fraction of sp³-hybridized carbons (Fsp3) is 0.292. The molecule has 2 aromatic rings. The summed E-state index contributed by atoms with van der Waals surface area (Å²) in [5.74, 6) is -1.72. The molecule has 0 spiro atoms.